The second kappa shape index (κ2) is 3.18. The molecule has 2 heterocycles. The van der Waals surface area contributed by atoms with Crippen molar-refractivity contribution in [2.45, 2.75) is 36.9 Å². The van der Waals surface area contributed by atoms with E-state index in [1.165, 1.54) is 0 Å². The SMILES string of the molecule is O[C@@H]1[C@H]2[C@H](O)[C@@H](O)CN2CC[C@H]1O. The van der Waals surface area contributed by atoms with Crippen LogP contribution in [0.5, 0.6) is 0 Å². The Morgan fingerprint density at radius 3 is 2.23 bits per heavy atom. The van der Waals surface area contributed by atoms with Gasteiger partial charge in [-0.1, -0.05) is 0 Å². The molecule has 0 spiro atoms. The van der Waals surface area contributed by atoms with E-state index in [0.29, 0.717) is 19.5 Å². The fraction of sp³-hybridized carbons (Fsp3) is 1.00. The number of hydrogen-bond donors (Lipinski definition) is 4. The van der Waals surface area contributed by atoms with Gasteiger partial charge < -0.3 is 20.4 Å². The first-order valence-corrected chi connectivity index (χ1v) is 4.57. The molecule has 2 fully saturated rings. The summed E-state index contributed by atoms with van der Waals surface area (Å²) >= 11 is 0. The summed E-state index contributed by atoms with van der Waals surface area (Å²) in [5, 5.41) is 37.8. The van der Waals surface area contributed by atoms with Gasteiger partial charge in [0.2, 0.25) is 0 Å². The number of nitrogens with zero attached hydrogens (tertiary/aromatic N) is 1. The van der Waals surface area contributed by atoms with E-state index >= 15 is 0 Å². The van der Waals surface area contributed by atoms with Gasteiger partial charge >= 0.3 is 0 Å². The van der Waals surface area contributed by atoms with Crippen LogP contribution in [0.2, 0.25) is 0 Å². The van der Waals surface area contributed by atoms with E-state index in [9.17, 15) is 20.4 Å². The smallest absolute Gasteiger partial charge is 0.0992 e. The minimum Gasteiger partial charge on any atom is -0.390 e. The minimum absolute atomic E-state index is 0.385. The van der Waals surface area contributed by atoms with E-state index in [2.05, 4.69) is 0 Å². The molecule has 2 aliphatic rings. The normalized spacial score (nSPS) is 52.2. The molecule has 5 heteroatoms. The second-order valence-corrected chi connectivity index (χ2v) is 3.89. The summed E-state index contributed by atoms with van der Waals surface area (Å²) in [4.78, 5) is 1.83. The Morgan fingerprint density at radius 1 is 0.923 bits per heavy atom. The maximum absolute atomic E-state index is 9.57. The molecule has 0 radical (unpaired) electrons. The van der Waals surface area contributed by atoms with Crippen LogP contribution in [0, 0.1) is 0 Å². The lowest BCUT2D eigenvalue weighted by Crippen LogP contribution is -2.55. The van der Waals surface area contributed by atoms with E-state index < -0.39 is 30.5 Å². The zero-order chi connectivity index (χ0) is 9.59. The highest BCUT2D eigenvalue weighted by atomic mass is 16.4. The number of piperidine rings is 1. The van der Waals surface area contributed by atoms with Crippen LogP contribution in [-0.4, -0.2) is 68.9 Å². The minimum atomic E-state index is -0.944. The van der Waals surface area contributed by atoms with Crippen LogP contribution in [0.25, 0.3) is 0 Å². The van der Waals surface area contributed by atoms with Gasteiger partial charge in [-0.3, -0.25) is 4.90 Å². The lowest BCUT2D eigenvalue weighted by atomic mass is 9.94. The maximum Gasteiger partial charge on any atom is 0.0992 e. The van der Waals surface area contributed by atoms with E-state index in [1.807, 2.05) is 4.90 Å². The molecule has 13 heavy (non-hydrogen) atoms. The predicted octanol–water partition coefficient (Wildman–Crippen LogP) is -2.48. The first kappa shape index (κ1) is 9.36. The molecule has 5 atom stereocenters. The first-order valence-electron chi connectivity index (χ1n) is 4.57. The zero-order valence-corrected chi connectivity index (χ0v) is 7.24. The Hall–Kier alpha value is -0.200. The summed E-state index contributed by atoms with van der Waals surface area (Å²) in [6.45, 7) is 1.01. The van der Waals surface area contributed by atoms with Crippen LogP contribution in [0.1, 0.15) is 6.42 Å². The summed E-state index contributed by atoms with van der Waals surface area (Å²) < 4.78 is 0. The van der Waals surface area contributed by atoms with Gasteiger partial charge in [0.1, 0.15) is 0 Å². The van der Waals surface area contributed by atoms with Gasteiger partial charge in [0.25, 0.3) is 0 Å². The van der Waals surface area contributed by atoms with Crippen molar-refractivity contribution in [1.82, 2.24) is 4.90 Å². The molecule has 76 valence electrons. The molecule has 0 aliphatic carbocycles. The zero-order valence-electron chi connectivity index (χ0n) is 7.24. The molecule has 0 aromatic carbocycles. The van der Waals surface area contributed by atoms with Crippen molar-refractivity contribution in [3.05, 3.63) is 0 Å². The quantitative estimate of drug-likeness (QED) is 0.339. The molecule has 0 bridgehead atoms. The predicted molar refractivity (Wildman–Crippen MR) is 44.0 cm³/mol. The Bertz CT molecular complexity index is 199. The van der Waals surface area contributed by atoms with Crippen molar-refractivity contribution >= 4 is 0 Å². The Morgan fingerprint density at radius 2 is 1.54 bits per heavy atom. The largest absolute Gasteiger partial charge is 0.390 e. The molecule has 4 N–H and O–H groups in total. The Labute approximate surface area is 76.2 Å². The molecule has 0 unspecified atom stereocenters. The average Bonchev–Trinajstić information content (AvgIpc) is 2.37. The van der Waals surface area contributed by atoms with Crippen molar-refractivity contribution in [3.63, 3.8) is 0 Å². The summed E-state index contributed by atoms with van der Waals surface area (Å²) in [6.07, 6.45) is -2.96. The molecule has 0 aromatic rings. The van der Waals surface area contributed by atoms with E-state index in [0.717, 1.165) is 0 Å². The van der Waals surface area contributed by atoms with Crippen molar-refractivity contribution in [2.75, 3.05) is 13.1 Å². The third-order valence-corrected chi connectivity index (χ3v) is 3.04. The van der Waals surface area contributed by atoms with Crippen molar-refractivity contribution in [3.8, 4) is 0 Å². The molecule has 2 aliphatic heterocycles. The second-order valence-electron chi connectivity index (χ2n) is 3.89. The lowest BCUT2D eigenvalue weighted by molar-refractivity contribution is -0.0907. The molecule has 2 rings (SSSR count). The van der Waals surface area contributed by atoms with Crippen LogP contribution in [0.4, 0.5) is 0 Å². The van der Waals surface area contributed by atoms with Gasteiger partial charge in [-0.15, -0.1) is 0 Å². The van der Waals surface area contributed by atoms with Crippen molar-refractivity contribution in [1.29, 1.82) is 0 Å². The van der Waals surface area contributed by atoms with E-state index in [4.69, 9.17) is 0 Å². The van der Waals surface area contributed by atoms with Crippen LogP contribution >= 0.6 is 0 Å². The molecular formula is C8H15NO4. The van der Waals surface area contributed by atoms with Crippen LogP contribution in [0.15, 0.2) is 0 Å². The maximum atomic E-state index is 9.57. The van der Waals surface area contributed by atoms with Gasteiger partial charge in [-0.25, -0.2) is 0 Å². The van der Waals surface area contributed by atoms with E-state index in [-0.39, 0.29) is 0 Å². The number of aliphatic hydroxyl groups is 4. The summed E-state index contributed by atoms with van der Waals surface area (Å²) in [5.41, 5.74) is 0. The Balaban J connectivity index is 2.14. The molecule has 0 amide bonds. The monoisotopic (exact) mass is 189 g/mol. The number of hydrogen-bond acceptors (Lipinski definition) is 5. The van der Waals surface area contributed by atoms with Crippen LogP contribution in [-0.2, 0) is 0 Å². The molecule has 0 saturated carbocycles. The first-order chi connectivity index (χ1) is 6.11. The van der Waals surface area contributed by atoms with E-state index in [1.54, 1.807) is 0 Å². The highest BCUT2D eigenvalue weighted by Crippen LogP contribution is 2.27. The fourth-order valence-electron chi connectivity index (χ4n) is 2.27. The lowest BCUT2D eigenvalue weighted by Gasteiger charge is -2.37. The van der Waals surface area contributed by atoms with Crippen LogP contribution < -0.4 is 0 Å². The van der Waals surface area contributed by atoms with Crippen LogP contribution in [0.3, 0.4) is 0 Å². The third kappa shape index (κ3) is 1.37. The topological polar surface area (TPSA) is 84.2 Å². The highest BCUT2D eigenvalue weighted by Gasteiger charge is 2.48. The van der Waals surface area contributed by atoms with Gasteiger partial charge in [-0.05, 0) is 6.42 Å². The standard InChI is InChI=1S/C8H15NO4/c10-4-1-2-9-3-5(11)8(13)6(9)7(4)12/h4-8,10-13H,1-3H2/t4-,5+,6+,7+,8-/m1/s1. The molecule has 0 aromatic heterocycles. The van der Waals surface area contributed by atoms with Gasteiger partial charge in [0.05, 0.1) is 30.5 Å². The highest BCUT2D eigenvalue weighted by molar-refractivity contribution is 5.02. The summed E-state index contributed by atoms with van der Waals surface area (Å²) in [5.74, 6) is 0. The summed E-state index contributed by atoms with van der Waals surface area (Å²) in [6, 6.07) is -0.501. The van der Waals surface area contributed by atoms with Crippen molar-refractivity contribution in [2.24, 2.45) is 0 Å². The molecule has 5 nitrogen and oxygen atoms in total. The number of aliphatic hydroxyl groups excluding tert-OH is 4. The van der Waals surface area contributed by atoms with Gasteiger partial charge in [-0.2, -0.15) is 0 Å². The van der Waals surface area contributed by atoms with Gasteiger partial charge in [0, 0.05) is 13.1 Å². The third-order valence-electron chi connectivity index (χ3n) is 3.04. The number of rotatable bonds is 0. The average molecular weight is 189 g/mol. The Kier molecular flexibility index (Phi) is 2.29. The molecule has 2 saturated heterocycles. The number of fused-ring (bicyclic) bond motifs is 1. The summed E-state index contributed by atoms with van der Waals surface area (Å²) in [7, 11) is 0. The molecular weight excluding hydrogens is 174 g/mol. The van der Waals surface area contributed by atoms with Crippen molar-refractivity contribution < 1.29 is 20.4 Å². The van der Waals surface area contributed by atoms with Gasteiger partial charge in [0.15, 0.2) is 0 Å². The fourth-order valence-corrected chi connectivity index (χ4v) is 2.27.